The van der Waals surface area contributed by atoms with Crippen molar-refractivity contribution in [3.8, 4) is 11.1 Å². The van der Waals surface area contributed by atoms with Crippen LogP contribution < -0.4 is 0 Å². The van der Waals surface area contributed by atoms with Crippen LogP contribution in [0.25, 0.3) is 16.9 Å². The van der Waals surface area contributed by atoms with Crippen LogP contribution in [0.4, 0.5) is 13.2 Å². The normalized spacial score (nSPS) is 11.2. The van der Waals surface area contributed by atoms with Crippen molar-refractivity contribution in [3.63, 3.8) is 0 Å². The van der Waals surface area contributed by atoms with E-state index in [1.807, 2.05) is 0 Å². The Morgan fingerprint density at radius 1 is 1.11 bits per heavy atom. The van der Waals surface area contributed by atoms with Gasteiger partial charge in [0.1, 0.15) is 23.3 Å². The van der Waals surface area contributed by atoms with E-state index in [2.05, 4.69) is 15.1 Å². The Balaban J connectivity index is 2.24. The summed E-state index contributed by atoms with van der Waals surface area (Å²) < 4.78 is 41.5. The van der Waals surface area contributed by atoms with Crippen LogP contribution in [0.3, 0.4) is 0 Å². The van der Waals surface area contributed by atoms with Crippen LogP contribution in [-0.4, -0.2) is 19.6 Å². The molecule has 19 heavy (non-hydrogen) atoms. The first-order chi connectivity index (χ1) is 9.04. The number of fused-ring (bicyclic) bond motifs is 1. The summed E-state index contributed by atoms with van der Waals surface area (Å²) in [5, 5.41) is 4.00. The van der Waals surface area contributed by atoms with Gasteiger partial charge in [0.15, 0.2) is 0 Å². The minimum absolute atomic E-state index is 0.160. The fourth-order valence-electron chi connectivity index (χ4n) is 1.83. The molecule has 7 heteroatoms. The highest BCUT2D eigenvalue weighted by molar-refractivity contribution is 5.64. The molecule has 0 saturated carbocycles. The molecule has 0 spiro atoms. The molecule has 0 atom stereocenters. The van der Waals surface area contributed by atoms with Gasteiger partial charge in [-0.3, -0.25) is 0 Å². The van der Waals surface area contributed by atoms with Crippen LogP contribution in [0.5, 0.6) is 0 Å². The van der Waals surface area contributed by atoms with E-state index in [9.17, 15) is 13.2 Å². The van der Waals surface area contributed by atoms with Crippen molar-refractivity contribution >= 4 is 5.78 Å². The molecule has 0 saturated heterocycles. The first-order valence-corrected chi connectivity index (χ1v) is 5.38. The van der Waals surface area contributed by atoms with Crippen molar-refractivity contribution in [2.45, 2.75) is 6.92 Å². The van der Waals surface area contributed by atoms with E-state index in [-0.39, 0.29) is 11.1 Å². The number of aryl methyl sites for hydroxylation is 1. The lowest BCUT2D eigenvalue weighted by Gasteiger charge is -2.05. The molecule has 2 heterocycles. The molecular formula is C12H7F3N4. The smallest absolute Gasteiger partial charge is 0.219 e. The molecule has 0 fully saturated rings. The highest BCUT2D eigenvalue weighted by atomic mass is 19.1. The van der Waals surface area contributed by atoms with Gasteiger partial charge in [-0.1, -0.05) is 0 Å². The van der Waals surface area contributed by atoms with Crippen molar-refractivity contribution in [3.05, 3.63) is 47.8 Å². The second-order valence-corrected chi connectivity index (χ2v) is 3.99. The molecule has 3 aromatic rings. The molecular weight excluding hydrogens is 257 g/mol. The molecule has 96 valence electrons. The lowest BCUT2D eigenvalue weighted by molar-refractivity contribution is 0.548. The van der Waals surface area contributed by atoms with E-state index in [1.54, 1.807) is 6.92 Å². The van der Waals surface area contributed by atoms with Gasteiger partial charge in [0.2, 0.25) is 0 Å². The number of aromatic nitrogens is 4. The van der Waals surface area contributed by atoms with Gasteiger partial charge in [-0.15, -0.1) is 0 Å². The Morgan fingerprint density at radius 3 is 2.47 bits per heavy atom. The van der Waals surface area contributed by atoms with E-state index >= 15 is 0 Å². The Labute approximate surface area is 105 Å². The molecule has 0 radical (unpaired) electrons. The van der Waals surface area contributed by atoms with Crippen LogP contribution in [0, 0.1) is 24.4 Å². The van der Waals surface area contributed by atoms with Crippen LogP contribution >= 0.6 is 0 Å². The molecule has 4 nitrogen and oxygen atoms in total. The summed E-state index contributed by atoms with van der Waals surface area (Å²) in [4.78, 5) is 7.95. The third kappa shape index (κ3) is 1.92. The largest absolute Gasteiger partial charge is 0.252 e. The first-order valence-electron chi connectivity index (χ1n) is 5.38. The maximum atomic E-state index is 13.6. The summed E-state index contributed by atoms with van der Waals surface area (Å²) in [5.41, 5.74) is -0.184. The van der Waals surface area contributed by atoms with E-state index in [1.165, 1.54) is 16.9 Å². The van der Waals surface area contributed by atoms with Gasteiger partial charge in [0, 0.05) is 30.1 Å². The van der Waals surface area contributed by atoms with Crippen LogP contribution in [0.2, 0.25) is 0 Å². The zero-order chi connectivity index (χ0) is 13.6. The molecule has 0 aliphatic heterocycles. The summed E-state index contributed by atoms with van der Waals surface area (Å²) in [6.07, 6.45) is 2.66. The lowest BCUT2D eigenvalue weighted by Crippen LogP contribution is -1.97. The molecule has 2 aromatic heterocycles. The van der Waals surface area contributed by atoms with Gasteiger partial charge in [-0.05, 0) is 6.92 Å². The van der Waals surface area contributed by atoms with E-state index < -0.39 is 17.5 Å². The van der Waals surface area contributed by atoms with Gasteiger partial charge in [-0.2, -0.15) is 10.1 Å². The van der Waals surface area contributed by atoms with Crippen LogP contribution in [-0.2, 0) is 0 Å². The average Bonchev–Trinajstić information content (AvgIpc) is 2.67. The molecule has 3 rings (SSSR count). The number of hydrogen-bond donors (Lipinski definition) is 0. The highest BCUT2D eigenvalue weighted by Crippen LogP contribution is 2.26. The summed E-state index contributed by atoms with van der Waals surface area (Å²) in [6.45, 7) is 1.67. The zero-order valence-electron chi connectivity index (χ0n) is 9.73. The van der Waals surface area contributed by atoms with Gasteiger partial charge in [-0.25, -0.2) is 22.7 Å². The average molecular weight is 264 g/mol. The SMILES string of the molecule is Cc1nc2ncc(-c3c(F)cc(F)cc3F)cn2n1. The van der Waals surface area contributed by atoms with Gasteiger partial charge >= 0.3 is 0 Å². The summed E-state index contributed by atoms with van der Waals surface area (Å²) >= 11 is 0. The summed E-state index contributed by atoms with van der Waals surface area (Å²) in [7, 11) is 0. The Hall–Kier alpha value is -2.44. The monoisotopic (exact) mass is 264 g/mol. The van der Waals surface area contributed by atoms with Gasteiger partial charge in [0.25, 0.3) is 5.78 Å². The summed E-state index contributed by atoms with van der Waals surface area (Å²) in [6, 6.07) is 1.24. The standard InChI is InChI=1S/C12H7F3N4/c1-6-17-12-16-4-7(5-19(12)18-6)11-9(14)2-8(13)3-10(11)15/h2-5H,1H3. The van der Waals surface area contributed by atoms with Crippen LogP contribution in [0.15, 0.2) is 24.5 Å². The maximum absolute atomic E-state index is 13.6. The fourth-order valence-corrected chi connectivity index (χ4v) is 1.83. The van der Waals surface area contributed by atoms with Crippen molar-refractivity contribution in [1.82, 2.24) is 19.6 Å². The number of benzene rings is 1. The molecule has 0 aliphatic carbocycles. The van der Waals surface area contributed by atoms with E-state index in [4.69, 9.17) is 0 Å². The molecule has 0 amide bonds. The van der Waals surface area contributed by atoms with Crippen molar-refractivity contribution in [1.29, 1.82) is 0 Å². The Kier molecular flexibility index (Phi) is 2.48. The third-order valence-corrected chi connectivity index (χ3v) is 2.60. The van der Waals surface area contributed by atoms with E-state index in [0.717, 1.165) is 0 Å². The predicted octanol–water partition coefficient (Wildman–Crippen LogP) is 2.52. The van der Waals surface area contributed by atoms with Gasteiger partial charge in [0.05, 0.1) is 5.56 Å². The second-order valence-electron chi connectivity index (χ2n) is 3.99. The molecule has 0 aliphatic rings. The summed E-state index contributed by atoms with van der Waals surface area (Å²) in [5.74, 6) is -2.13. The Bertz CT molecular complexity index is 759. The minimum atomic E-state index is -0.990. The first kappa shape index (κ1) is 11.6. The second kappa shape index (κ2) is 4.04. The molecule has 0 N–H and O–H groups in total. The molecule has 0 bridgehead atoms. The number of rotatable bonds is 1. The number of halogens is 3. The molecule has 1 aromatic carbocycles. The minimum Gasteiger partial charge on any atom is -0.219 e. The predicted molar refractivity (Wildman–Crippen MR) is 60.8 cm³/mol. The highest BCUT2D eigenvalue weighted by Gasteiger charge is 2.15. The van der Waals surface area contributed by atoms with Crippen molar-refractivity contribution in [2.75, 3.05) is 0 Å². The topological polar surface area (TPSA) is 43.1 Å². The van der Waals surface area contributed by atoms with E-state index in [0.29, 0.717) is 23.7 Å². The van der Waals surface area contributed by atoms with Gasteiger partial charge < -0.3 is 0 Å². The number of nitrogens with zero attached hydrogens (tertiary/aromatic N) is 4. The van der Waals surface area contributed by atoms with Crippen molar-refractivity contribution in [2.24, 2.45) is 0 Å². The fraction of sp³-hybridized carbons (Fsp3) is 0.0833. The Morgan fingerprint density at radius 2 is 1.79 bits per heavy atom. The maximum Gasteiger partial charge on any atom is 0.252 e. The zero-order valence-corrected chi connectivity index (χ0v) is 9.73. The molecule has 0 unspecified atom stereocenters. The number of hydrogen-bond acceptors (Lipinski definition) is 3. The lowest BCUT2D eigenvalue weighted by atomic mass is 10.1. The van der Waals surface area contributed by atoms with Crippen LogP contribution in [0.1, 0.15) is 5.82 Å². The quantitative estimate of drug-likeness (QED) is 0.678. The van der Waals surface area contributed by atoms with Crippen molar-refractivity contribution < 1.29 is 13.2 Å². The third-order valence-electron chi connectivity index (χ3n) is 2.60.